The predicted octanol–water partition coefficient (Wildman–Crippen LogP) is 6.30. The fraction of sp³-hybridized carbons (Fsp3) is 0.167. The van der Waals surface area contributed by atoms with Crippen molar-refractivity contribution in [1.82, 2.24) is 4.98 Å². The van der Waals surface area contributed by atoms with Crippen LogP contribution in [0.1, 0.15) is 18.1 Å². The summed E-state index contributed by atoms with van der Waals surface area (Å²) in [6, 6.07) is 27.6. The lowest BCUT2D eigenvalue weighted by atomic mass is 10.1. The van der Waals surface area contributed by atoms with E-state index < -0.39 is 12.1 Å². The molecule has 0 spiro atoms. The normalized spacial score (nSPS) is 12.0. The average molecular weight is 531 g/mol. The van der Waals surface area contributed by atoms with Crippen molar-refractivity contribution in [3.63, 3.8) is 0 Å². The maximum Gasteiger partial charge on any atom is 0.345 e. The minimum atomic E-state index is -1.04. The van der Waals surface area contributed by atoms with Crippen molar-refractivity contribution in [3.8, 4) is 22.8 Å². The topological polar surface area (TPSA) is 90.2 Å². The van der Waals surface area contributed by atoms with Crippen LogP contribution in [-0.2, 0) is 16.1 Å². The summed E-state index contributed by atoms with van der Waals surface area (Å²) in [4.78, 5) is 21.4. The third-order valence-corrected chi connectivity index (χ3v) is 5.87. The number of rotatable bonds is 12. The van der Waals surface area contributed by atoms with Gasteiger partial charge >= 0.3 is 5.97 Å². The van der Waals surface area contributed by atoms with Crippen molar-refractivity contribution in [1.29, 1.82) is 0 Å². The van der Waals surface area contributed by atoms with E-state index in [0.717, 1.165) is 28.1 Å². The van der Waals surface area contributed by atoms with Crippen LogP contribution in [-0.4, -0.2) is 41.1 Å². The Bertz CT molecular complexity index is 1340. The molecule has 0 saturated heterocycles. The number of carboxylic acids is 1. The lowest BCUT2D eigenvalue weighted by Gasteiger charge is -2.15. The van der Waals surface area contributed by atoms with Crippen LogP contribution in [0, 0.1) is 0 Å². The Hall–Kier alpha value is -4.36. The van der Waals surface area contributed by atoms with Gasteiger partial charge in [-0.2, -0.15) is 0 Å². The summed E-state index contributed by atoms with van der Waals surface area (Å²) in [6.07, 6.45) is 0.954. The van der Waals surface area contributed by atoms with Gasteiger partial charge in [0.05, 0.1) is 11.4 Å². The van der Waals surface area contributed by atoms with E-state index in [2.05, 4.69) is 10.1 Å². The molecule has 38 heavy (non-hydrogen) atoms. The van der Waals surface area contributed by atoms with Crippen LogP contribution in [0.4, 0.5) is 0 Å². The van der Waals surface area contributed by atoms with Crippen LogP contribution >= 0.6 is 11.6 Å². The Morgan fingerprint density at radius 3 is 2.29 bits per heavy atom. The SMILES string of the molecule is CC(=NOCCOc1ccc(CC(Oc2ccc(Cl)cc2)C(=O)O)cc1)c1ccc(-c2ccccn2)cc1. The van der Waals surface area contributed by atoms with E-state index >= 15 is 0 Å². The second kappa shape index (κ2) is 13.3. The number of ether oxygens (including phenoxy) is 2. The number of carbonyl (C=O) groups is 1. The third-order valence-electron chi connectivity index (χ3n) is 5.62. The number of aliphatic carboxylic acids is 1. The zero-order valence-electron chi connectivity index (χ0n) is 20.8. The Balaban J connectivity index is 1.21. The zero-order valence-corrected chi connectivity index (χ0v) is 21.5. The van der Waals surface area contributed by atoms with Gasteiger partial charge in [-0.3, -0.25) is 4.98 Å². The minimum absolute atomic E-state index is 0.207. The van der Waals surface area contributed by atoms with E-state index in [1.165, 1.54) is 0 Å². The molecule has 0 amide bonds. The number of aromatic nitrogens is 1. The summed E-state index contributed by atoms with van der Waals surface area (Å²) in [5.74, 6) is 0.0484. The van der Waals surface area contributed by atoms with Crippen molar-refractivity contribution in [2.24, 2.45) is 5.16 Å². The second-order valence-corrected chi connectivity index (χ2v) is 8.83. The first-order valence-corrected chi connectivity index (χ1v) is 12.4. The highest BCUT2D eigenvalue weighted by atomic mass is 35.5. The Kier molecular flexibility index (Phi) is 9.32. The molecule has 1 atom stereocenters. The van der Waals surface area contributed by atoms with Gasteiger partial charge in [-0.05, 0) is 66.6 Å². The number of nitrogens with zero attached hydrogens (tertiary/aromatic N) is 2. The van der Waals surface area contributed by atoms with E-state index in [4.69, 9.17) is 25.9 Å². The molecule has 0 aliphatic carbocycles. The minimum Gasteiger partial charge on any atom is -0.490 e. The molecular formula is C30H27ClN2O5. The van der Waals surface area contributed by atoms with Crippen molar-refractivity contribution < 1.29 is 24.2 Å². The number of carboxylic acid groups (broad SMARTS) is 1. The van der Waals surface area contributed by atoms with Gasteiger partial charge in [-0.15, -0.1) is 0 Å². The summed E-state index contributed by atoms with van der Waals surface area (Å²) >= 11 is 5.87. The van der Waals surface area contributed by atoms with Gasteiger partial charge < -0.3 is 19.4 Å². The van der Waals surface area contributed by atoms with Crippen LogP contribution in [0.5, 0.6) is 11.5 Å². The van der Waals surface area contributed by atoms with Crippen LogP contribution in [0.2, 0.25) is 5.02 Å². The lowest BCUT2D eigenvalue weighted by Crippen LogP contribution is -2.29. The molecule has 0 radical (unpaired) electrons. The molecule has 1 N–H and O–H groups in total. The third kappa shape index (κ3) is 7.82. The van der Waals surface area contributed by atoms with Crippen LogP contribution in [0.15, 0.2) is 102 Å². The highest BCUT2D eigenvalue weighted by molar-refractivity contribution is 6.30. The number of halogens is 1. The van der Waals surface area contributed by atoms with Gasteiger partial charge in [0.1, 0.15) is 18.1 Å². The predicted molar refractivity (Wildman–Crippen MR) is 147 cm³/mol. The molecule has 1 unspecified atom stereocenters. The fourth-order valence-electron chi connectivity index (χ4n) is 3.60. The summed E-state index contributed by atoms with van der Waals surface area (Å²) in [5, 5.41) is 14.3. The maximum absolute atomic E-state index is 11.7. The number of hydrogen-bond donors (Lipinski definition) is 1. The Labute approximate surface area is 226 Å². The summed E-state index contributed by atoms with van der Waals surface area (Å²) in [5.41, 5.74) is 4.49. The lowest BCUT2D eigenvalue weighted by molar-refractivity contribution is -0.145. The molecule has 4 rings (SSSR count). The molecule has 0 aliphatic rings. The molecule has 0 saturated carbocycles. The maximum atomic E-state index is 11.7. The fourth-order valence-corrected chi connectivity index (χ4v) is 3.73. The van der Waals surface area contributed by atoms with E-state index in [1.807, 2.05) is 61.5 Å². The summed E-state index contributed by atoms with van der Waals surface area (Å²) in [6.45, 7) is 2.48. The van der Waals surface area contributed by atoms with E-state index in [1.54, 1.807) is 42.6 Å². The number of pyridine rings is 1. The van der Waals surface area contributed by atoms with Crippen LogP contribution in [0.25, 0.3) is 11.3 Å². The van der Waals surface area contributed by atoms with Crippen molar-refractivity contribution in [2.75, 3.05) is 13.2 Å². The van der Waals surface area contributed by atoms with Crippen molar-refractivity contribution in [3.05, 3.63) is 113 Å². The molecule has 8 heteroatoms. The van der Waals surface area contributed by atoms with Gasteiger partial charge in [0.2, 0.25) is 0 Å². The molecular weight excluding hydrogens is 504 g/mol. The molecule has 194 valence electrons. The first-order chi connectivity index (χ1) is 18.5. The Morgan fingerprint density at radius 2 is 1.63 bits per heavy atom. The molecule has 1 heterocycles. The molecule has 4 aromatic rings. The molecule has 0 aliphatic heterocycles. The second-order valence-electron chi connectivity index (χ2n) is 8.40. The molecule has 0 fully saturated rings. The van der Waals surface area contributed by atoms with Crippen molar-refractivity contribution >= 4 is 23.3 Å². The number of benzene rings is 3. The molecule has 0 bridgehead atoms. The quantitative estimate of drug-likeness (QED) is 0.131. The van der Waals surface area contributed by atoms with E-state index in [-0.39, 0.29) is 13.0 Å². The molecule has 1 aromatic heterocycles. The highest BCUT2D eigenvalue weighted by Gasteiger charge is 2.20. The van der Waals surface area contributed by atoms with Gasteiger partial charge in [0, 0.05) is 23.2 Å². The van der Waals surface area contributed by atoms with Gasteiger partial charge in [-0.25, -0.2) is 4.79 Å². The largest absolute Gasteiger partial charge is 0.490 e. The smallest absolute Gasteiger partial charge is 0.345 e. The molecule has 3 aromatic carbocycles. The van der Waals surface area contributed by atoms with Gasteiger partial charge in [-0.1, -0.05) is 59.2 Å². The van der Waals surface area contributed by atoms with Gasteiger partial charge in [0.15, 0.2) is 12.7 Å². The van der Waals surface area contributed by atoms with Crippen LogP contribution in [0.3, 0.4) is 0 Å². The first-order valence-electron chi connectivity index (χ1n) is 12.0. The standard InChI is InChI=1S/C30H27ClN2O5/c1-21(23-7-9-24(10-8-23)28-4-2-3-17-32-28)33-37-19-18-36-26-13-5-22(6-14-26)20-29(30(34)35)38-27-15-11-25(31)12-16-27/h2-17,29H,18-20H2,1H3,(H,34,35). The van der Waals surface area contributed by atoms with E-state index in [0.29, 0.717) is 23.1 Å². The summed E-state index contributed by atoms with van der Waals surface area (Å²) in [7, 11) is 0. The average Bonchev–Trinajstić information content (AvgIpc) is 2.95. The highest BCUT2D eigenvalue weighted by Crippen LogP contribution is 2.20. The zero-order chi connectivity index (χ0) is 26.7. The molecule has 7 nitrogen and oxygen atoms in total. The number of oxime groups is 1. The van der Waals surface area contributed by atoms with Gasteiger partial charge in [0.25, 0.3) is 0 Å². The Morgan fingerprint density at radius 1 is 0.921 bits per heavy atom. The van der Waals surface area contributed by atoms with Crippen LogP contribution < -0.4 is 9.47 Å². The van der Waals surface area contributed by atoms with E-state index in [9.17, 15) is 9.90 Å². The first kappa shape index (κ1) is 26.7. The summed E-state index contributed by atoms with van der Waals surface area (Å²) < 4.78 is 11.3. The van der Waals surface area contributed by atoms with Crippen molar-refractivity contribution in [2.45, 2.75) is 19.4 Å². The monoisotopic (exact) mass is 530 g/mol. The number of hydrogen-bond acceptors (Lipinski definition) is 6.